The number of carbonyl (C=O) groups excluding carboxylic acids is 2. The van der Waals surface area contributed by atoms with Crippen LogP contribution < -0.4 is 15.4 Å². The molecule has 134 valence electrons. The fourth-order valence-electron chi connectivity index (χ4n) is 2.16. The number of morpholine rings is 1. The summed E-state index contributed by atoms with van der Waals surface area (Å²) in [5, 5.41) is 5.98. The van der Waals surface area contributed by atoms with Crippen LogP contribution in [-0.2, 0) is 14.3 Å². The summed E-state index contributed by atoms with van der Waals surface area (Å²) in [5.41, 5.74) is 0.667. The Labute approximate surface area is 148 Å². The topological polar surface area (TPSA) is 79.9 Å². The monoisotopic (exact) mass is 357 g/mol. The Hall–Kier alpha value is -1.83. The minimum atomic E-state index is -0.364. The molecule has 0 aromatic heterocycles. The lowest BCUT2D eigenvalue weighted by Gasteiger charge is -2.29. The average Bonchev–Trinajstić information content (AvgIpc) is 2.54. The van der Waals surface area contributed by atoms with Crippen molar-refractivity contribution in [3.63, 3.8) is 0 Å². The van der Waals surface area contributed by atoms with Crippen LogP contribution in [0.3, 0.4) is 0 Å². The second-order valence-electron chi connectivity index (χ2n) is 5.60. The number of nitrogens with one attached hydrogen (secondary N) is 2. The van der Waals surface area contributed by atoms with Gasteiger partial charge in [0.05, 0.1) is 12.7 Å². The molecule has 1 fully saturated rings. The van der Waals surface area contributed by atoms with Gasteiger partial charge in [-0.25, -0.2) is 0 Å². The molecule has 0 radical (unpaired) electrons. The van der Waals surface area contributed by atoms with E-state index >= 15 is 0 Å². The Balaban J connectivity index is 0.00000288. The molecule has 1 aliphatic rings. The van der Waals surface area contributed by atoms with E-state index in [2.05, 4.69) is 10.6 Å². The molecular formula is C16H24ClN3O4. The zero-order valence-corrected chi connectivity index (χ0v) is 14.9. The zero-order chi connectivity index (χ0) is 16.8. The van der Waals surface area contributed by atoms with Crippen molar-refractivity contribution >= 4 is 29.9 Å². The van der Waals surface area contributed by atoms with Crippen LogP contribution in [-0.4, -0.2) is 62.7 Å². The predicted molar refractivity (Wildman–Crippen MR) is 93.7 cm³/mol. The Morgan fingerprint density at radius 2 is 2.00 bits per heavy atom. The van der Waals surface area contributed by atoms with E-state index in [1.807, 2.05) is 6.92 Å². The molecule has 0 bridgehead atoms. The molecule has 0 saturated carbocycles. The van der Waals surface area contributed by atoms with Crippen molar-refractivity contribution in [2.45, 2.75) is 19.1 Å². The van der Waals surface area contributed by atoms with Gasteiger partial charge < -0.3 is 25.0 Å². The molecule has 2 rings (SSSR count). The lowest BCUT2D eigenvalue weighted by Crippen LogP contribution is -2.53. The SMILES string of the molecule is C[C@H]1OCCN[C@@H]1C(=O)Nc1ccc(OCC(=O)N(C)C)cc1.Cl. The summed E-state index contributed by atoms with van der Waals surface area (Å²) in [5.74, 6) is 0.332. The molecule has 0 unspecified atom stereocenters. The molecule has 1 aromatic carbocycles. The first-order valence-corrected chi connectivity index (χ1v) is 7.56. The van der Waals surface area contributed by atoms with E-state index in [0.29, 0.717) is 24.6 Å². The number of nitrogens with zero attached hydrogens (tertiary/aromatic N) is 1. The maximum Gasteiger partial charge on any atom is 0.259 e. The molecule has 1 aliphatic heterocycles. The Kier molecular flexibility index (Phi) is 7.97. The number of ether oxygens (including phenoxy) is 2. The molecule has 7 nitrogen and oxygen atoms in total. The third-order valence-electron chi connectivity index (χ3n) is 3.58. The highest BCUT2D eigenvalue weighted by atomic mass is 35.5. The highest BCUT2D eigenvalue weighted by molar-refractivity contribution is 5.95. The number of halogens is 1. The van der Waals surface area contributed by atoms with Crippen LogP contribution in [0.4, 0.5) is 5.69 Å². The molecule has 8 heteroatoms. The van der Waals surface area contributed by atoms with Gasteiger partial charge >= 0.3 is 0 Å². The minimum Gasteiger partial charge on any atom is -0.484 e. The standard InChI is InChI=1S/C16H23N3O4.ClH/c1-11-15(17-8-9-22-11)16(21)18-12-4-6-13(7-5-12)23-10-14(20)19(2)3;/h4-7,11,15,17H,8-10H2,1-3H3,(H,18,21);1H/t11-,15+;/m1./s1. The summed E-state index contributed by atoms with van der Waals surface area (Å²) in [4.78, 5) is 25.1. The van der Waals surface area contributed by atoms with Crippen molar-refractivity contribution in [1.29, 1.82) is 0 Å². The van der Waals surface area contributed by atoms with Crippen LogP contribution in [0.25, 0.3) is 0 Å². The molecule has 2 N–H and O–H groups in total. The Morgan fingerprint density at radius 1 is 1.33 bits per heavy atom. The van der Waals surface area contributed by atoms with Crippen molar-refractivity contribution in [2.75, 3.05) is 39.2 Å². The van der Waals surface area contributed by atoms with E-state index < -0.39 is 0 Å². The normalized spacial score (nSPS) is 19.8. The first-order chi connectivity index (χ1) is 11.0. The smallest absolute Gasteiger partial charge is 0.259 e. The molecule has 24 heavy (non-hydrogen) atoms. The van der Waals surface area contributed by atoms with Gasteiger partial charge in [-0.15, -0.1) is 12.4 Å². The van der Waals surface area contributed by atoms with Gasteiger partial charge in [-0.2, -0.15) is 0 Å². The van der Waals surface area contributed by atoms with Crippen molar-refractivity contribution in [1.82, 2.24) is 10.2 Å². The fraction of sp³-hybridized carbons (Fsp3) is 0.500. The number of anilines is 1. The Morgan fingerprint density at radius 3 is 2.58 bits per heavy atom. The minimum absolute atomic E-state index is 0. The maximum atomic E-state index is 12.2. The average molecular weight is 358 g/mol. The summed E-state index contributed by atoms with van der Waals surface area (Å²) in [7, 11) is 3.35. The van der Waals surface area contributed by atoms with Gasteiger partial charge in [0.2, 0.25) is 5.91 Å². The van der Waals surface area contributed by atoms with Gasteiger partial charge in [0.25, 0.3) is 5.91 Å². The van der Waals surface area contributed by atoms with Crippen molar-refractivity contribution in [2.24, 2.45) is 0 Å². The molecular weight excluding hydrogens is 334 g/mol. The molecule has 0 spiro atoms. The van der Waals surface area contributed by atoms with Gasteiger partial charge in [0.15, 0.2) is 6.61 Å². The summed E-state index contributed by atoms with van der Waals surface area (Å²) >= 11 is 0. The van der Waals surface area contributed by atoms with Gasteiger partial charge in [-0.3, -0.25) is 9.59 Å². The van der Waals surface area contributed by atoms with E-state index in [9.17, 15) is 9.59 Å². The predicted octanol–water partition coefficient (Wildman–Crippen LogP) is 0.891. The van der Waals surface area contributed by atoms with Crippen molar-refractivity contribution in [3.8, 4) is 5.75 Å². The lowest BCUT2D eigenvalue weighted by molar-refractivity contribution is -0.130. The van der Waals surface area contributed by atoms with Crippen LogP contribution in [0.15, 0.2) is 24.3 Å². The molecule has 2 amide bonds. The quantitative estimate of drug-likeness (QED) is 0.818. The van der Waals surface area contributed by atoms with E-state index in [0.717, 1.165) is 0 Å². The van der Waals surface area contributed by atoms with Crippen LogP contribution >= 0.6 is 12.4 Å². The summed E-state index contributed by atoms with van der Waals surface area (Å²) in [6, 6.07) is 6.54. The van der Waals surface area contributed by atoms with Crippen LogP contribution in [0.5, 0.6) is 5.75 Å². The summed E-state index contributed by atoms with van der Waals surface area (Å²) in [6.45, 7) is 3.13. The fourth-order valence-corrected chi connectivity index (χ4v) is 2.16. The lowest BCUT2D eigenvalue weighted by atomic mass is 10.1. The zero-order valence-electron chi connectivity index (χ0n) is 14.1. The molecule has 1 heterocycles. The second kappa shape index (κ2) is 9.46. The highest BCUT2D eigenvalue weighted by Gasteiger charge is 2.28. The van der Waals surface area contributed by atoms with E-state index in [-0.39, 0.29) is 43.0 Å². The third-order valence-corrected chi connectivity index (χ3v) is 3.58. The number of carbonyl (C=O) groups is 2. The van der Waals surface area contributed by atoms with Crippen LogP contribution in [0, 0.1) is 0 Å². The number of hydrogen-bond donors (Lipinski definition) is 2. The first kappa shape index (κ1) is 20.2. The molecule has 2 atom stereocenters. The number of benzene rings is 1. The van der Waals surface area contributed by atoms with Crippen molar-refractivity contribution in [3.05, 3.63) is 24.3 Å². The van der Waals surface area contributed by atoms with Crippen LogP contribution in [0.1, 0.15) is 6.92 Å². The highest BCUT2D eigenvalue weighted by Crippen LogP contribution is 2.16. The number of amides is 2. The van der Waals surface area contributed by atoms with Gasteiger partial charge in [-0.1, -0.05) is 0 Å². The number of rotatable bonds is 5. The van der Waals surface area contributed by atoms with Crippen molar-refractivity contribution < 1.29 is 19.1 Å². The van der Waals surface area contributed by atoms with Gasteiger partial charge in [0, 0.05) is 26.3 Å². The van der Waals surface area contributed by atoms with E-state index in [4.69, 9.17) is 9.47 Å². The number of likely N-dealkylation sites (N-methyl/N-ethyl adjacent to an activating group) is 1. The Bertz CT molecular complexity index is 551. The third kappa shape index (κ3) is 5.67. The van der Waals surface area contributed by atoms with Crippen LogP contribution in [0.2, 0.25) is 0 Å². The molecule has 1 saturated heterocycles. The summed E-state index contributed by atoms with van der Waals surface area (Å²) in [6.07, 6.45) is -0.164. The largest absolute Gasteiger partial charge is 0.484 e. The van der Waals surface area contributed by atoms with E-state index in [1.165, 1.54) is 4.90 Å². The first-order valence-electron chi connectivity index (χ1n) is 7.56. The molecule has 0 aliphatic carbocycles. The number of hydrogen-bond acceptors (Lipinski definition) is 5. The van der Waals surface area contributed by atoms with Gasteiger partial charge in [-0.05, 0) is 31.2 Å². The maximum absolute atomic E-state index is 12.2. The molecule has 1 aromatic rings. The second-order valence-corrected chi connectivity index (χ2v) is 5.60. The van der Waals surface area contributed by atoms with Gasteiger partial charge in [0.1, 0.15) is 11.8 Å². The summed E-state index contributed by atoms with van der Waals surface area (Å²) < 4.78 is 10.8. The van der Waals surface area contributed by atoms with E-state index in [1.54, 1.807) is 38.4 Å².